The molecule has 0 unspecified atom stereocenters. The van der Waals surface area contributed by atoms with Gasteiger partial charge in [-0.15, -0.1) is 0 Å². The van der Waals surface area contributed by atoms with E-state index in [-0.39, 0.29) is 18.0 Å². The molecule has 0 N–H and O–H groups in total. The maximum absolute atomic E-state index is 11.5. The van der Waals surface area contributed by atoms with Gasteiger partial charge in [-0.1, -0.05) is 11.6 Å². The highest BCUT2D eigenvalue weighted by atomic mass is 35.5. The highest BCUT2D eigenvalue weighted by Gasteiger charge is 2.15. The second-order valence-electron chi connectivity index (χ2n) is 4.67. The van der Waals surface area contributed by atoms with Crippen LogP contribution in [0.1, 0.15) is 45.0 Å². The zero-order valence-electron chi connectivity index (χ0n) is 11.4. The predicted octanol–water partition coefficient (Wildman–Crippen LogP) is 4.12. The van der Waals surface area contributed by atoms with Gasteiger partial charge in [-0.05, 0) is 40.7 Å². The van der Waals surface area contributed by atoms with Gasteiger partial charge in [0.15, 0.2) is 17.3 Å². The first-order valence-electron chi connectivity index (χ1n) is 5.99. The Balaban J connectivity index is 3.22. The fourth-order valence-electron chi connectivity index (χ4n) is 1.50. The molecule has 0 aliphatic carbocycles. The van der Waals surface area contributed by atoms with Gasteiger partial charge in [0.1, 0.15) is 0 Å². The van der Waals surface area contributed by atoms with Crippen LogP contribution in [-0.2, 0) is 0 Å². The van der Waals surface area contributed by atoms with Crippen molar-refractivity contribution < 1.29 is 14.3 Å². The smallest absolute Gasteiger partial charge is 0.163 e. The third-order valence-electron chi connectivity index (χ3n) is 2.14. The minimum Gasteiger partial charge on any atom is -0.487 e. The van der Waals surface area contributed by atoms with Crippen molar-refractivity contribution in [2.24, 2.45) is 0 Å². The summed E-state index contributed by atoms with van der Waals surface area (Å²) < 4.78 is 11.3. The molecule has 0 aliphatic heterocycles. The van der Waals surface area contributed by atoms with Crippen LogP contribution in [0.5, 0.6) is 11.5 Å². The van der Waals surface area contributed by atoms with Crippen LogP contribution in [-0.4, -0.2) is 18.0 Å². The summed E-state index contributed by atoms with van der Waals surface area (Å²) in [6.45, 7) is 9.16. The molecule has 0 bridgehead atoms. The summed E-state index contributed by atoms with van der Waals surface area (Å²) in [6, 6.07) is 3.28. The quantitative estimate of drug-likeness (QED) is 0.755. The molecule has 1 aromatic rings. The Hall–Kier alpha value is -1.22. The van der Waals surface area contributed by atoms with Gasteiger partial charge >= 0.3 is 0 Å². The Morgan fingerprint density at radius 2 is 1.50 bits per heavy atom. The van der Waals surface area contributed by atoms with Crippen molar-refractivity contribution in [2.45, 2.75) is 46.8 Å². The maximum atomic E-state index is 11.5. The van der Waals surface area contributed by atoms with Gasteiger partial charge in [0.25, 0.3) is 0 Å². The second-order valence-corrected chi connectivity index (χ2v) is 5.08. The molecule has 0 amide bonds. The monoisotopic (exact) mass is 270 g/mol. The molecule has 0 spiro atoms. The number of carbonyl (C=O) groups is 1. The van der Waals surface area contributed by atoms with Crippen LogP contribution < -0.4 is 9.47 Å². The predicted molar refractivity (Wildman–Crippen MR) is 73.0 cm³/mol. The van der Waals surface area contributed by atoms with Gasteiger partial charge in [-0.3, -0.25) is 4.79 Å². The molecule has 0 atom stereocenters. The summed E-state index contributed by atoms with van der Waals surface area (Å²) in [6.07, 6.45) is 0.0132. The Kier molecular flexibility index (Phi) is 5.03. The van der Waals surface area contributed by atoms with E-state index in [9.17, 15) is 4.79 Å². The summed E-state index contributed by atoms with van der Waals surface area (Å²) >= 11 is 6.06. The van der Waals surface area contributed by atoms with Crippen LogP contribution in [0, 0.1) is 0 Å². The molecule has 0 fully saturated rings. The van der Waals surface area contributed by atoms with E-state index in [0.717, 1.165) is 0 Å². The van der Waals surface area contributed by atoms with Crippen molar-refractivity contribution in [3.8, 4) is 11.5 Å². The van der Waals surface area contributed by atoms with Gasteiger partial charge in [-0.25, -0.2) is 0 Å². The lowest BCUT2D eigenvalue weighted by molar-refractivity contribution is 0.101. The van der Waals surface area contributed by atoms with E-state index < -0.39 is 0 Å². The molecule has 1 aromatic carbocycles. The first kappa shape index (κ1) is 14.8. The Morgan fingerprint density at radius 3 is 1.89 bits per heavy atom. The molecular formula is C14H19ClO3. The van der Waals surface area contributed by atoms with E-state index in [1.807, 2.05) is 27.7 Å². The molecule has 0 saturated carbocycles. The highest BCUT2D eigenvalue weighted by Crippen LogP contribution is 2.35. The van der Waals surface area contributed by atoms with Gasteiger partial charge < -0.3 is 9.47 Å². The summed E-state index contributed by atoms with van der Waals surface area (Å²) in [4.78, 5) is 11.5. The average molecular weight is 271 g/mol. The summed E-state index contributed by atoms with van der Waals surface area (Å²) in [5, 5.41) is 0.384. The van der Waals surface area contributed by atoms with Gasteiger partial charge in [-0.2, -0.15) is 0 Å². The summed E-state index contributed by atoms with van der Waals surface area (Å²) in [7, 11) is 0. The lowest BCUT2D eigenvalue weighted by Crippen LogP contribution is -2.11. The van der Waals surface area contributed by atoms with Crippen LogP contribution in [0.25, 0.3) is 0 Å². The SMILES string of the molecule is CC(=O)c1cc(OC(C)C)c(OC(C)C)cc1Cl. The van der Waals surface area contributed by atoms with Crippen molar-refractivity contribution in [1.29, 1.82) is 0 Å². The number of ketones is 1. The van der Waals surface area contributed by atoms with Crippen molar-refractivity contribution in [3.63, 3.8) is 0 Å². The molecule has 4 heteroatoms. The van der Waals surface area contributed by atoms with E-state index in [4.69, 9.17) is 21.1 Å². The molecule has 0 aromatic heterocycles. The Morgan fingerprint density at radius 1 is 1.06 bits per heavy atom. The number of hydrogen-bond donors (Lipinski definition) is 0. The van der Waals surface area contributed by atoms with E-state index in [2.05, 4.69) is 0 Å². The van der Waals surface area contributed by atoms with Crippen LogP contribution in [0.3, 0.4) is 0 Å². The first-order chi connectivity index (χ1) is 8.31. The Labute approximate surface area is 113 Å². The fourth-order valence-corrected chi connectivity index (χ4v) is 1.78. The van der Waals surface area contributed by atoms with Gasteiger partial charge in [0.2, 0.25) is 0 Å². The topological polar surface area (TPSA) is 35.5 Å². The standard InChI is InChI=1S/C14H19ClO3/c1-8(2)17-13-6-11(10(5)16)12(15)7-14(13)18-9(3)4/h6-9H,1-5H3. The largest absolute Gasteiger partial charge is 0.487 e. The van der Waals surface area contributed by atoms with Crippen molar-refractivity contribution in [2.75, 3.05) is 0 Å². The van der Waals surface area contributed by atoms with Crippen molar-refractivity contribution in [1.82, 2.24) is 0 Å². The van der Waals surface area contributed by atoms with Gasteiger partial charge in [0.05, 0.1) is 17.2 Å². The summed E-state index contributed by atoms with van der Waals surface area (Å²) in [5.74, 6) is 1.02. The molecule has 0 radical (unpaired) electrons. The first-order valence-corrected chi connectivity index (χ1v) is 6.36. The minimum absolute atomic E-state index is 0.000459. The molecular weight excluding hydrogens is 252 g/mol. The van der Waals surface area contributed by atoms with E-state index in [0.29, 0.717) is 22.1 Å². The molecule has 18 heavy (non-hydrogen) atoms. The van der Waals surface area contributed by atoms with Crippen LogP contribution in [0.2, 0.25) is 5.02 Å². The summed E-state index contributed by atoms with van der Waals surface area (Å²) in [5.41, 5.74) is 0.448. The number of hydrogen-bond acceptors (Lipinski definition) is 3. The van der Waals surface area contributed by atoms with Gasteiger partial charge in [0, 0.05) is 11.6 Å². The number of ether oxygens (including phenoxy) is 2. The zero-order valence-corrected chi connectivity index (χ0v) is 12.2. The van der Waals surface area contributed by atoms with E-state index >= 15 is 0 Å². The fraction of sp³-hybridized carbons (Fsp3) is 0.500. The zero-order chi connectivity index (χ0) is 13.9. The third-order valence-corrected chi connectivity index (χ3v) is 2.45. The Bertz CT molecular complexity index is 439. The average Bonchev–Trinajstić information content (AvgIpc) is 2.19. The number of halogens is 1. The molecule has 1 rings (SSSR count). The maximum Gasteiger partial charge on any atom is 0.163 e. The lowest BCUT2D eigenvalue weighted by Gasteiger charge is -2.18. The van der Waals surface area contributed by atoms with Crippen molar-refractivity contribution >= 4 is 17.4 Å². The molecule has 3 nitrogen and oxygen atoms in total. The lowest BCUT2D eigenvalue weighted by atomic mass is 10.1. The van der Waals surface area contributed by atoms with Crippen LogP contribution in [0.4, 0.5) is 0 Å². The molecule has 0 heterocycles. The molecule has 100 valence electrons. The van der Waals surface area contributed by atoms with Crippen LogP contribution >= 0.6 is 11.6 Å². The number of carbonyl (C=O) groups excluding carboxylic acids is 1. The molecule has 0 aliphatic rings. The van der Waals surface area contributed by atoms with E-state index in [1.165, 1.54) is 6.92 Å². The van der Waals surface area contributed by atoms with Crippen molar-refractivity contribution in [3.05, 3.63) is 22.7 Å². The number of rotatable bonds is 5. The number of benzene rings is 1. The number of Topliss-reactive ketones (excluding diaryl/α,β-unsaturated/α-hetero) is 1. The third kappa shape index (κ3) is 3.91. The minimum atomic E-state index is -0.0929. The second kappa shape index (κ2) is 6.10. The normalized spacial score (nSPS) is 10.9. The van der Waals surface area contributed by atoms with E-state index in [1.54, 1.807) is 12.1 Å². The molecule has 0 saturated heterocycles. The highest BCUT2D eigenvalue weighted by molar-refractivity contribution is 6.34. The van der Waals surface area contributed by atoms with Crippen LogP contribution in [0.15, 0.2) is 12.1 Å².